The predicted molar refractivity (Wildman–Crippen MR) is 46.8 cm³/mol. The molecule has 1 fully saturated rings. The summed E-state index contributed by atoms with van der Waals surface area (Å²) in [6.07, 6.45) is 1.65. The summed E-state index contributed by atoms with van der Waals surface area (Å²) in [6, 6.07) is 0. The van der Waals surface area contributed by atoms with Crippen molar-refractivity contribution in [2.45, 2.75) is 26.4 Å². The van der Waals surface area contributed by atoms with Crippen LogP contribution >= 0.6 is 25.1 Å². The summed E-state index contributed by atoms with van der Waals surface area (Å²) in [5.74, 6) is 0.667. The smallest absolute Gasteiger partial charge is 0.0944 e. The van der Waals surface area contributed by atoms with E-state index in [4.69, 9.17) is 16.3 Å². The Hall–Kier alpha value is 0.600. The fraction of sp³-hybridized carbons (Fsp3) is 1.00. The average Bonchev–Trinajstić information content (AvgIpc) is 2.48. The van der Waals surface area contributed by atoms with E-state index in [1.54, 1.807) is 0 Å². The first-order valence-corrected chi connectivity index (χ1v) is 3.56. The minimum absolute atomic E-state index is 0. The Morgan fingerprint density at radius 2 is 1.89 bits per heavy atom. The SMILES string of the molecule is CCC.ClCC1CO1.S. The van der Waals surface area contributed by atoms with Gasteiger partial charge in [-0.25, -0.2) is 0 Å². The molecule has 0 N–H and O–H groups in total. The molecule has 0 aliphatic carbocycles. The molecule has 0 aromatic heterocycles. The summed E-state index contributed by atoms with van der Waals surface area (Å²) in [4.78, 5) is 0. The van der Waals surface area contributed by atoms with E-state index in [0.29, 0.717) is 12.0 Å². The minimum atomic E-state index is 0. The summed E-state index contributed by atoms with van der Waals surface area (Å²) >= 11 is 5.27. The van der Waals surface area contributed by atoms with Crippen LogP contribution in [0.4, 0.5) is 0 Å². The van der Waals surface area contributed by atoms with Crippen molar-refractivity contribution < 1.29 is 4.74 Å². The van der Waals surface area contributed by atoms with E-state index in [1.807, 2.05) is 0 Å². The topological polar surface area (TPSA) is 12.5 Å². The zero-order valence-electron chi connectivity index (χ0n) is 5.98. The zero-order valence-corrected chi connectivity index (χ0v) is 7.74. The Kier molecular flexibility index (Phi) is 11.7. The lowest BCUT2D eigenvalue weighted by atomic mass is 10.6. The van der Waals surface area contributed by atoms with E-state index in [0.717, 1.165) is 6.61 Å². The predicted octanol–water partition coefficient (Wildman–Crippen LogP) is 2.15. The van der Waals surface area contributed by atoms with Crippen molar-refractivity contribution in [2.24, 2.45) is 0 Å². The number of hydrogen-bond donors (Lipinski definition) is 0. The van der Waals surface area contributed by atoms with Crippen LogP contribution in [0.2, 0.25) is 0 Å². The number of ether oxygens (including phenoxy) is 1. The Morgan fingerprint density at radius 1 is 1.56 bits per heavy atom. The van der Waals surface area contributed by atoms with Gasteiger partial charge in [0.15, 0.2) is 0 Å². The average molecular weight is 171 g/mol. The second-order valence-corrected chi connectivity index (χ2v) is 2.13. The van der Waals surface area contributed by atoms with Gasteiger partial charge in [-0.3, -0.25) is 0 Å². The molecule has 1 heterocycles. The van der Waals surface area contributed by atoms with Gasteiger partial charge >= 0.3 is 0 Å². The summed E-state index contributed by atoms with van der Waals surface area (Å²) in [5, 5.41) is 0. The fourth-order valence-electron chi connectivity index (χ4n) is 0.157. The van der Waals surface area contributed by atoms with Crippen LogP contribution < -0.4 is 0 Å². The van der Waals surface area contributed by atoms with E-state index in [2.05, 4.69) is 13.8 Å². The van der Waals surface area contributed by atoms with E-state index >= 15 is 0 Å². The molecule has 0 amide bonds. The lowest BCUT2D eigenvalue weighted by Gasteiger charge is -1.67. The van der Waals surface area contributed by atoms with Crippen LogP contribution in [0.3, 0.4) is 0 Å². The maximum absolute atomic E-state index is 5.27. The third-order valence-electron chi connectivity index (χ3n) is 0.574. The van der Waals surface area contributed by atoms with Crippen molar-refractivity contribution in [1.29, 1.82) is 0 Å². The summed E-state index contributed by atoms with van der Waals surface area (Å²) in [7, 11) is 0. The molecule has 1 atom stereocenters. The monoisotopic (exact) mass is 170 g/mol. The van der Waals surface area contributed by atoms with Gasteiger partial charge in [-0.15, -0.1) is 11.6 Å². The molecule has 3 heteroatoms. The number of rotatable bonds is 1. The van der Waals surface area contributed by atoms with Crippen LogP contribution in [0, 0.1) is 0 Å². The first-order chi connectivity index (χ1) is 3.85. The molecular weight excluding hydrogens is 156 g/mol. The van der Waals surface area contributed by atoms with Gasteiger partial charge in [0.1, 0.15) is 0 Å². The first-order valence-electron chi connectivity index (χ1n) is 3.02. The maximum atomic E-state index is 5.27. The number of halogens is 1. The van der Waals surface area contributed by atoms with Gasteiger partial charge in [0.25, 0.3) is 0 Å². The van der Waals surface area contributed by atoms with E-state index in [1.165, 1.54) is 6.42 Å². The summed E-state index contributed by atoms with van der Waals surface area (Å²) in [6.45, 7) is 5.13. The van der Waals surface area contributed by atoms with Gasteiger partial charge in [0.2, 0.25) is 0 Å². The molecule has 1 aliphatic rings. The standard InChI is InChI=1S/C3H5ClO.C3H8.H2S/c4-1-3-2-5-3;1-3-2;/h3H,1-2H2;3H2,1-2H3;1H2. The third kappa shape index (κ3) is 11.9. The third-order valence-corrected chi connectivity index (χ3v) is 0.919. The summed E-state index contributed by atoms with van der Waals surface area (Å²) < 4.78 is 4.73. The van der Waals surface area contributed by atoms with Crippen LogP contribution in [0.1, 0.15) is 20.3 Å². The van der Waals surface area contributed by atoms with Crippen LogP contribution in [0.25, 0.3) is 0 Å². The molecule has 58 valence electrons. The van der Waals surface area contributed by atoms with E-state index in [9.17, 15) is 0 Å². The zero-order chi connectivity index (χ0) is 6.41. The van der Waals surface area contributed by atoms with Crippen LogP contribution in [-0.2, 0) is 4.74 Å². The highest BCUT2D eigenvalue weighted by Crippen LogP contribution is 2.08. The van der Waals surface area contributed by atoms with Gasteiger partial charge < -0.3 is 4.74 Å². The van der Waals surface area contributed by atoms with Crippen molar-refractivity contribution in [1.82, 2.24) is 0 Å². The van der Waals surface area contributed by atoms with Gasteiger partial charge in [0.05, 0.1) is 18.6 Å². The van der Waals surface area contributed by atoms with Crippen molar-refractivity contribution in [3.63, 3.8) is 0 Å². The highest BCUT2D eigenvalue weighted by Gasteiger charge is 2.19. The van der Waals surface area contributed by atoms with Crippen molar-refractivity contribution in [2.75, 3.05) is 12.5 Å². The van der Waals surface area contributed by atoms with Gasteiger partial charge in [-0.1, -0.05) is 20.3 Å². The van der Waals surface area contributed by atoms with Gasteiger partial charge in [0, 0.05) is 0 Å². The Balaban J connectivity index is 0. The quantitative estimate of drug-likeness (QED) is 0.434. The Labute approximate surface area is 69.2 Å². The molecule has 1 saturated heterocycles. The molecule has 0 bridgehead atoms. The molecule has 1 nitrogen and oxygen atoms in total. The van der Waals surface area contributed by atoms with Crippen LogP contribution in [0.5, 0.6) is 0 Å². The van der Waals surface area contributed by atoms with Crippen molar-refractivity contribution in [3.8, 4) is 0 Å². The molecule has 0 spiro atoms. The lowest BCUT2D eigenvalue weighted by Crippen LogP contribution is -1.80. The number of hydrogen-bond acceptors (Lipinski definition) is 1. The molecular formula is C6H15ClOS. The molecule has 9 heavy (non-hydrogen) atoms. The summed E-state index contributed by atoms with van der Waals surface area (Å²) in [5.41, 5.74) is 0. The Bertz CT molecular complexity index is 48.3. The normalized spacial score (nSPS) is 21.0. The minimum Gasteiger partial charge on any atom is -0.372 e. The first kappa shape index (κ1) is 12.3. The molecule has 0 saturated carbocycles. The highest BCUT2D eigenvalue weighted by atomic mass is 35.5. The number of alkyl halides is 1. The fourth-order valence-corrected chi connectivity index (χ4v) is 0.335. The second-order valence-electron chi connectivity index (χ2n) is 1.82. The molecule has 0 radical (unpaired) electrons. The van der Waals surface area contributed by atoms with Gasteiger partial charge in [-0.2, -0.15) is 13.5 Å². The second kappa shape index (κ2) is 8.60. The Morgan fingerprint density at radius 3 is 1.89 bits per heavy atom. The molecule has 1 aliphatic heterocycles. The molecule has 1 unspecified atom stereocenters. The van der Waals surface area contributed by atoms with E-state index in [-0.39, 0.29) is 13.5 Å². The van der Waals surface area contributed by atoms with Crippen molar-refractivity contribution >= 4 is 25.1 Å². The van der Waals surface area contributed by atoms with E-state index < -0.39 is 0 Å². The number of epoxide rings is 1. The molecule has 1 rings (SSSR count). The van der Waals surface area contributed by atoms with Crippen molar-refractivity contribution in [3.05, 3.63) is 0 Å². The molecule has 0 aromatic rings. The molecule has 0 aromatic carbocycles. The highest BCUT2D eigenvalue weighted by molar-refractivity contribution is 7.59. The largest absolute Gasteiger partial charge is 0.372 e. The maximum Gasteiger partial charge on any atom is 0.0944 e. The van der Waals surface area contributed by atoms with Crippen LogP contribution in [-0.4, -0.2) is 18.6 Å². The van der Waals surface area contributed by atoms with Crippen LogP contribution in [0.15, 0.2) is 0 Å². The lowest BCUT2D eigenvalue weighted by molar-refractivity contribution is 0.425. The van der Waals surface area contributed by atoms with Gasteiger partial charge in [-0.05, 0) is 0 Å².